The van der Waals surface area contributed by atoms with E-state index in [9.17, 15) is 14.4 Å². The van der Waals surface area contributed by atoms with E-state index in [1.807, 2.05) is 42.5 Å². The highest BCUT2D eigenvalue weighted by molar-refractivity contribution is 9.10. The number of nitrogens with zero attached hydrogens (tertiary/aromatic N) is 2. The Balaban J connectivity index is 1.39. The SMILES string of the molecule is N[C@H]1CCc2cccc3c2N(C1=O)[C@H](C(=O)N1CCC[C@H]1C(=O)Nc1ccc(Br)cc1)C3. The quantitative estimate of drug-likeness (QED) is 0.682. The van der Waals surface area contributed by atoms with Crippen molar-refractivity contribution in [2.75, 3.05) is 16.8 Å². The van der Waals surface area contributed by atoms with E-state index in [-0.39, 0.29) is 17.7 Å². The van der Waals surface area contributed by atoms with Crippen molar-refractivity contribution in [1.29, 1.82) is 0 Å². The van der Waals surface area contributed by atoms with Gasteiger partial charge in [-0.2, -0.15) is 0 Å². The van der Waals surface area contributed by atoms with Crippen molar-refractivity contribution in [2.24, 2.45) is 5.73 Å². The van der Waals surface area contributed by atoms with Crippen molar-refractivity contribution in [3.8, 4) is 0 Å². The Labute approximate surface area is 195 Å². The zero-order valence-electron chi connectivity index (χ0n) is 17.6. The van der Waals surface area contributed by atoms with Crippen LogP contribution in [-0.2, 0) is 27.2 Å². The molecule has 3 amide bonds. The first-order valence-corrected chi connectivity index (χ1v) is 11.8. The van der Waals surface area contributed by atoms with Gasteiger partial charge in [0.2, 0.25) is 17.7 Å². The number of aryl methyl sites for hydroxylation is 1. The van der Waals surface area contributed by atoms with Crippen LogP contribution in [0, 0.1) is 0 Å². The summed E-state index contributed by atoms with van der Waals surface area (Å²) in [5.74, 6) is -0.585. The highest BCUT2D eigenvalue weighted by atomic mass is 79.9. The highest BCUT2D eigenvalue weighted by Gasteiger charge is 2.46. The van der Waals surface area contributed by atoms with E-state index in [0.717, 1.165) is 34.1 Å². The second-order valence-electron chi connectivity index (χ2n) is 8.68. The molecule has 1 saturated heterocycles. The standard InChI is InChI=1S/C24H25BrN4O3/c25-16-7-9-17(10-8-16)27-22(30)19-5-2-12-28(19)24(32)20-13-15-4-1-3-14-6-11-18(26)23(31)29(20)21(14)15/h1,3-4,7-10,18-20H,2,5-6,11-13,26H2,(H,27,30)/t18-,19-,20-/m0/s1. The van der Waals surface area contributed by atoms with Gasteiger partial charge in [-0.1, -0.05) is 34.1 Å². The first-order chi connectivity index (χ1) is 15.4. The number of hydrogen-bond acceptors (Lipinski definition) is 4. The van der Waals surface area contributed by atoms with Gasteiger partial charge in [-0.3, -0.25) is 19.3 Å². The third-order valence-electron chi connectivity index (χ3n) is 6.68. The number of likely N-dealkylation sites (tertiary alicyclic amines) is 1. The number of anilines is 2. The maximum absolute atomic E-state index is 13.7. The molecule has 0 saturated carbocycles. The van der Waals surface area contributed by atoms with Gasteiger partial charge in [0.15, 0.2) is 0 Å². The van der Waals surface area contributed by atoms with Crippen LogP contribution in [0.3, 0.4) is 0 Å². The lowest BCUT2D eigenvalue weighted by molar-refractivity contribution is -0.138. The average Bonchev–Trinajstić information content (AvgIpc) is 3.40. The van der Waals surface area contributed by atoms with Crippen LogP contribution in [0.25, 0.3) is 0 Å². The minimum atomic E-state index is -0.649. The molecule has 5 rings (SSSR count). The molecule has 32 heavy (non-hydrogen) atoms. The number of para-hydroxylation sites is 1. The minimum absolute atomic E-state index is 0.178. The lowest BCUT2D eigenvalue weighted by Crippen LogP contribution is -2.55. The maximum atomic E-state index is 13.7. The summed E-state index contributed by atoms with van der Waals surface area (Å²) in [6, 6.07) is 11.5. The lowest BCUT2D eigenvalue weighted by atomic mass is 10.0. The van der Waals surface area contributed by atoms with Crippen LogP contribution in [-0.4, -0.2) is 47.3 Å². The van der Waals surface area contributed by atoms with Gasteiger partial charge in [-0.15, -0.1) is 0 Å². The third kappa shape index (κ3) is 3.61. The zero-order chi connectivity index (χ0) is 22.4. The Hall–Kier alpha value is -2.71. The van der Waals surface area contributed by atoms with Crippen molar-refractivity contribution in [2.45, 2.75) is 50.2 Å². The molecule has 0 bridgehead atoms. The Morgan fingerprint density at radius 2 is 1.78 bits per heavy atom. The Morgan fingerprint density at radius 1 is 1.03 bits per heavy atom. The van der Waals surface area contributed by atoms with Crippen molar-refractivity contribution >= 4 is 45.0 Å². The normalized spacial score (nSPS) is 24.3. The van der Waals surface area contributed by atoms with Gasteiger partial charge in [0.1, 0.15) is 12.1 Å². The van der Waals surface area contributed by atoms with Crippen molar-refractivity contribution in [3.05, 3.63) is 58.1 Å². The molecule has 3 aliphatic heterocycles. The zero-order valence-corrected chi connectivity index (χ0v) is 19.2. The topological polar surface area (TPSA) is 95.7 Å². The number of carbonyl (C=O) groups excluding carboxylic acids is 3. The molecule has 8 heteroatoms. The summed E-state index contributed by atoms with van der Waals surface area (Å²) in [6.07, 6.45) is 3.09. The minimum Gasteiger partial charge on any atom is -0.329 e. The van der Waals surface area contributed by atoms with E-state index in [4.69, 9.17) is 5.73 Å². The molecule has 2 aromatic rings. The Bertz CT molecular complexity index is 1090. The lowest BCUT2D eigenvalue weighted by Gasteiger charge is -2.32. The summed E-state index contributed by atoms with van der Waals surface area (Å²) in [6.45, 7) is 0.505. The van der Waals surface area contributed by atoms with Crippen LogP contribution in [0.2, 0.25) is 0 Å². The van der Waals surface area contributed by atoms with Crippen LogP contribution in [0.4, 0.5) is 11.4 Å². The number of halogens is 1. The number of benzene rings is 2. The van der Waals surface area contributed by atoms with Crippen molar-refractivity contribution < 1.29 is 14.4 Å². The van der Waals surface area contributed by atoms with Crippen molar-refractivity contribution in [1.82, 2.24) is 4.90 Å². The number of amides is 3. The van der Waals surface area contributed by atoms with E-state index in [2.05, 4.69) is 21.2 Å². The first kappa shape index (κ1) is 21.2. The van der Waals surface area contributed by atoms with Gasteiger partial charge >= 0.3 is 0 Å². The molecule has 0 aromatic heterocycles. The molecule has 3 aliphatic rings. The monoisotopic (exact) mass is 496 g/mol. The van der Waals surface area contributed by atoms with E-state index in [1.54, 1.807) is 9.80 Å². The third-order valence-corrected chi connectivity index (χ3v) is 7.21. The molecule has 0 spiro atoms. The second-order valence-corrected chi connectivity index (χ2v) is 9.60. The molecule has 3 atom stereocenters. The molecule has 166 valence electrons. The summed E-state index contributed by atoms with van der Waals surface area (Å²) in [5.41, 5.74) is 9.74. The summed E-state index contributed by atoms with van der Waals surface area (Å²) in [7, 11) is 0. The number of rotatable bonds is 3. The van der Waals surface area contributed by atoms with Gasteiger partial charge in [-0.05, 0) is 61.1 Å². The molecule has 3 N–H and O–H groups in total. The predicted octanol–water partition coefficient (Wildman–Crippen LogP) is 2.61. The molecular weight excluding hydrogens is 472 g/mol. The van der Waals surface area contributed by atoms with Crippen LogP contribution >= 0.6 is 15.9 Å². The van der Waals surface area contributed by atoms with Gasteiger partial charge in [0.25, 0.3) is 0 Å². The molecule has 7 nitrogen and oxygen atoms in total. The van der Waals surface area contributed by atoms with Gasteiger partial charge in [0.05, 0.1) is 11.7 Å². The van der Waals surface area contributed by atoms with Crippen LogP contribution in [0.1, 0.15) is 30.4 Å². The number of hydrogen-bond donors (Lipinski definition) is 2. The molecule has 0 radical (unpaired) electrons. The summed E-state index contributed by atoms with van der Waals surface area (Å²) >= 11 is 3.39. The molecular formula is C24H25BrN4O3. The van der Waals surface area contributed by atoms with E-state index in [0.29, 0.717) is 31.5 Å². The van der Waals surface area contributed by atoms with E-state index < -0.39 is 18.1 Å². The second kappa shape index (κ2) is 8.33. The summed E-state index contributed by atoms with van der Waals surface area (Å²) in [5, 5.41) is 2.92. The number of carbonyl (C=O) groups is 3. The van der Waals surface area contributed by atoms with Gasteiger partial charge < -0.3 is 16.0 Å². The van der Waals surface area contributed by atoms with Crippen LogP contribution in [0.15, 0.2) is 46.9 Å². The molecule has 2 aromatic carbocycles. The first-order valence-electron chi connectivity index (χ1n) is 11.0. The predicted molar refractivity (Wildman–Crippen MR) is 125 cm³/mol. The fraction of sp³-hybridized carbons (Fsp3) is 0.375. The van der Waals surface area contributed by atoms with Crippen molar-refractivity contribution in [3.63, 3.8) is 0 Å². The molecule has 3 heterocycles. The Kier molecular flexibility index (Phi) is 5.51. The average molecular weight is 497 g/mol. The summed E-state index contributed by atoms with van der Waals surface area (Å²) in [4.78, 5) is 43.1. The van der Waals surface area contributed by atoms with Crippen LogP contribution < -0.4 is 16.0 Å². The van der Waals surface area contributed by atoms with E-state index >= 15 is 0 Å². The largest absolute Gasteiger partial charge is 0.329 e. The van der Waals surface area contributed by atoms with E-state index in [1.165, 1.54) is 0 Å². The molecule has 0 unspecified atom stereocenters. The molecule has 0 aliphatic carbocycles. The molecule has 1 fully saturated rings. The highest BCUT2D eigenvalue weighted by Crippen LogP contribution is 2.39. The maximum Gasteiger partial charge on any atom is 0.247 e. The summed E-state index contributed by atoms with van der Waals surface area (Å²) < 4.78 is 0.925. The van der Waals surface area contributed by atoms with Gasteiger partial charge in [0, 0.05) is 23.1 Å². The number of nitrogens with two attached hydrogens (primary N) is 1. The fourth-order valence-corrected chi connectivity index (χ4v) is 5.37. The fourth-order valence-electron chi connectivity index (χ4n) is 5.10. The Morgan fingerprint density at radius 3 is 2.56 bits per heavy atom. The van der Waals surface area contributed by atoms with Gasteiger partial charge in [-0.25, -0.2) is 0 Å². The van der Waals surface area contributed by atoms with Crippen LogP contribution in [0.5, 0.6) is 0 Å². The smallest absolute Gasteiger partial charge is 0.247 e. The number of nitrogens with one attached hydrogen (secondary N) is 1.